The van der Waals surface area contributed by atoms with Gasteiger partial charge in [0.25, 0.3) is 5.92 Å². The van der Waals surface area contributed by atoms with E-state index in [2.05, 4.69) is 5.32 Å². The van der Waals surface area contributed by atoms with Crippen LogP contribution in [0.3, 0.4) is 0 Å². The van der Waals surface area contributed by atoms with Crippen molar-refractivity contribution in [1.82, 2.24) is 0 Å². The number of benzene rings is 1. The summed E-state index contributed by atoms with van der Waals surface area (Å²) in [5.41, 5.74) is 0.378. The van der Waals surface area contributed by atoms with Crippen LogP contribution < -0.4 is 5.32 Å². The Morgan fingerprint density at radius 2 is 2.18 bits per heavy atom. The Labute approximate surface area is 98.8 Å². The number of hydrogen-bond donors (Lipinski definition) is 1. The van der Waals surface area contributed by atoms with Crippen molar-refractivity contribution >= 4 is 11.7 Å². The van der Waals surface area contributed by atoms with E-state index in [0.717, 1.165) is 6.92 Å². The van der Waals surface area contributed by atoms with Gasteiger partial charge in [0.1, 0.15) is 6.54 Å². The molecule has 0 aromatic heterocycles. The highest BCUT2D eigenvalue weighted by atomic mass is 19.3. The number of rotatable bonds is 5. The summed E-state index contributed by atoms with van der Waals surface area (Å²) in [5.74, 6) is -3.30. The van der Waals surface area contributed by atoms with Crippen LogP contribution in [-0.4, -0.2) is 19.1 Å². The predicted molar refractivity (Wildman–Crippen MR) is 61.1 cm³/mol. The molecule has 3 nitrogen and oxygen atoms in total. The molecule has 1 rings (SSSR count). The summed E-state index contributed by atoms with van der Waals surface area (Å²) in [4.78, 5) is 11.1. The molecule has 94 valence electrons. The normalized spacial score (nSPS) is 11.1. The summed E-state index contributed by atoms with van der Waals surface area (Å²) >= 11 is 0. The van der Waals surface area contributed by atoms with E-state index >= 15 is 0 Å². The first-order chi connectivity index (χ1) is 7.93. The second kappa shape index (κ2) is 5.61. The number of halogens is 2. The molecule has 0 fully saturated rings. The van der Waals surface area contributed by atoms with Crippen LogP contribution in [0.1, 0.15) is 19.4 Å². The lowest BCUT2D eigenvalue weighted by Crippen LogP contribution is -2.17. The maximum atomic E-state index is 13.0. The number of carbonyl (C=O) groups excluding carboxylic acids is 1. The Kier molecular flexibility index (Phi) is 4.43. The zero-order chi connectivity index (χ0) is 12.9. The highest BCUT2D eigenvalue weighted by molar-refractivity contribution is 5.75. The van der Waals surface area contributed by atoms with Crippen LogP contribution in [0.2, 0.25) is 0 Å². The Morgan fingerprint density at radius 1 is 1.47 bits per heavy atom. The smallest absolute Gasteiger partial charge is 0.325 e. The van der Waals surface area contributed by atoms with Crippen LogP contribution in [0.5, 0.6) is 0 Å². The minimum atomic E-state index is -2.89. The summed E-state index contributed by atoms with van der Waals surface area (Å²) in [5, 5.41) is 2.73. The summed E-state index contributed by atoms with van der Waals surface area (Å²) in [6.07, 6.45) is 0. The molecule has 0 atom stereocenters. The topological polar surface area (TPSA) is 38.3 Å². The lowest BCUT2D eigenvalue weighted by Gasteiger charge is -2.12. The molecule has 0 aliphatic heterocycles. The fourth-order valence-electron chi connectivity index (χ4n) is 1.29. The van der Waals surface area contributed by atoms with Gasteiger partial charge in [0, 0.05) is 18.2 Å². The van der Waals surface area contributed by atoms with E-state index < -0.39 is 11.9 Å². The van der Waals surface area contributed by atoms with E-state index in [1.165, 1.54) is 18.2 Å². The van der Waals surface area contributed by atoms with Crippen molar-refractivity contribution in [2.24, 2.45) is 0 Å². The highest BCUT2D eigenvalue weighted by Crippen LogP contribution is 2.28. The second-order valence-electron chi connectivity index (χ2n) is 3.63. The Morgan fingerprint density at radius 3 is 2.76 bits per heavy atom. The molecule has 0 saturated heterocycles. The summed E-state index contributed by atoms with van der Waals surface area (Å²) < 4.78 is 30.8. The van der Waals surface area contributed by atoms with Crippen LogP contribution in [0.25, 0.3) is 0 Å². The number of esters is 1. The molecular formula is C12H15F2NO2. The first-order valence-electron chi connectivity index (χ1n) is 5.31. The molecule has 1 N–H and O–H groups in total. The van der Waals surface area contributed by atoms with Crippen LogP contribution in [-0.2, 0) is 15.5 Å². The summed E-state index contributed by atoms with van der Waals surface area (Å²) in [7, 11) is 0. The SMILES string of the molecule is CCOC(=O)CNc1cccc(C(C)(F)F)c1. The third kappa shape index (κ3) is 4.38. The third-order valence-electron chi connectivity index (χ3n) is 2.11. The number of carbonyl (C=O) groups is 1. The van der Waals surface area contributed by atoms with Gasteiger partial charge >= 0.3 is 5.97 Å². The monoisotopic (exact) mass is 243 g/mol. The van der Waals surface area contributed by atoms with E-state index in [0.29, 0.717) is 12.3 Å². The zero-order valence-corrected chi connectivity index (χ0v) is 9.80. The number of anilines is 1. The zero-order valence-electron chi connectivity index (χ0n) is 9.80. The maximum absolute atomic E-state index is 13.0. The minimum Gasteiger partial charge on any atom is -0.465 e. The van der Waals surface area contributed by atoms with E-state index in [-0.39, 0.29) is 12.1 Å². The van der Waals surface area contributed by atoms with Crippen molar-refractivity contribution in [3.63, 3.8) is 0 Å². The molecule has 0 heterocycles. The van der Waals surface area contributed by atoms with Gasteiger partial charge in [-0.15, -0.1) is 0 Å². The van der Waals surface area contributed by atoms with Crippen molar-refractivity contribution in [2.75, 3.05) is 18.5 Å². The number of ether oxygens (including phenoxy) is 1. The molecular weight excluding hydrogens is 228 g/mol. The highest BCUT2D eigenvalue weighted by Gasteiger charge is 2.24. The van der Waals surface area contributed by atoms with Crippen LogP contribution in [0, 0.1) is 0 Å². The average molecular weight is 243 g/mol. The first kappa shape index (κ1) is 13.4. The molecule has 0 amide bonds. The lowest BCUT2D eigenvalue weighted by atomic mass is 10.1. The molecule has 0 bridgehead atoms. The maximum Gasteiger partial charge on any atom is 0.325 e. The van der Waals surface area contributed by atoms with Crippen LogP contribution in [0.15, 0.2) is 24.3 Å². The molecule has 17 heavy (non-hydrogen) atoms. The lowest BCUT2D eigenvalue weighted by molar-refractivity contribution is -0.140. The number of alkyl halides is 2. The molecule has 0 spiro atoms. The second-order valence-corrected chi connectivity index (χ2v) is 3.63. The van der Waals surface area contributed by atoms with Gasteiger partial charge in [-0.3, -0.25) is 4.79 Å². The predicted octanol–water partition coefficient (Wildman–Crippen LogP) is 2.77. The first-order valence-corrected chi connectivity index (χ1v) is 5.31. The molecule has 0 saturated carbocycles. The standard InChI is InChI=1S/C12H15F2NO2/c1-3-17-11(16)8-15-10-6-4-5-9(7-10)12(2,13)14/h4-7,15H,3,8H2,1-2H3. The van der Waals surface area contributed by atoms with Gasteiger partial charge < -0.3 is 10.1 Å². The fraction of sp³-hybridized carbons (Fsp3) is 0.417. The number of nitrogens with one attached hydrogen (secondary N) is 1. The van der Waals surface area contributed by atoms with Crippen molar-refractivity contribution in [3.8, 4) is 0 Å². The third-order valence-corrected chi connectivity index (χ3v) is 2.11. The van der Waals surface area contributed by atoms with Gasteiger partial charge in [0.05, 0.1) is 6.61 Å². The van der Waals surface area contributed by atoms with Gasteiger partial charge in [0.15, 0.2) is 0 Å². The van der Waals surface area contributed by atoms with Crippen LogP contribution >= 0.6 is 0 Å². The van der Waals surface area contributed by atoms with Crippen molar-refractivity contribution in [1.29, 1.82) is 0 Å². The Hall–Kier alpha value is -1.65. The van der Waals surface area contributed by atoms with Gasteiger partial charge in [-0.05, 0) is 19.1 Å². The van der Waals surface area contributed by atoms with E-state index in [9.17, 15) is 13.6 Å². The Bertz CT molecular complexity index is 388. The minimum absolute atomic E-state index is 0.0351. The van der Waals surface area contributed by atoms with Crippen molar-refractivity contribution in [3.05, 3.63) is 29.8 Å². The fourth-order valence-corrected chi connectivity index (χ4v) is 1.29. The van der Waals surface area contributed by atoms with Crippen molar-refractivity contribution in [2.45, 2.75) is 19.8 Å². The van der Waals surface area contributed by atoms with E-state index in [1.54, 1.807) is 13.0 Å². The number of hydrogen-bond acceptors (Lipinski definition) is 3. The van der Waals surface area contributed by atoms with Gasteiger partial charge in [-0.1, -0.05) is 12.1 Å². The van der Waals surface area contributed by atoms with Gasteiger partial charge in [-0.2, -0.15) is 0 Å². The molecule has 0 unspecified atom stereocenters. The quantitative estimate of drug-likeness (QED) is 0.808. The van der Waals surface area contributed by atoms with Gasteiger partial charge in [0.2, 0.25) is 0 Å². The van der Waals surface area contributed by atoms with Crippen LogP contribution in [0.4, 0.5) is 14.5 Å². The molecule has 5 heteroatoms. The molecule has 1 aromatic rings. The molecule has 0 radical (unpaired) electrons. The Balaban J connectivity index is 2.64. The van der Waals surface area contributed by atoms with Gasteiger partial charge in [-0.25, -0.2) is 8.78 Å². The van der Waals surface area contributed by atoms with E-state index in [4.69, 9.17) is 4.74 Å². The average Bonchev–Trinajstić information content (AvgIpc) is 2.26. The molecule has 0 aliphatic rings. The van der Waals surface area contributed by atoms with Crippen molar-refractivity contribution < 1.29 is 18.3 Å². The largest absolute Gasteiger partial charge is 0.465 e. The molecule has 0 aliphatic carbocycles. The van der Waals surface area contributed by atoms with E-state index in [1.807, 2.05) is 0 Å². The summed E-state index contributed by atoms with van der Waals surface area (Å²) in [6, 6.07) is 5.80. The molecule has 1 aromatic carbocycles. The summed E-state index contributed by atoms with van der Waals surface area (Å²) in [6.45, 7) is 2.80.